The first-order valence-electron chi connectivity index (χ1n) is 8.40. The van der Waals surface area contributed by atoms with E-state index in [0.29, 0.717) is 18.4 Å². The summed E-state index contributed by atoms with van der Waals surface area (Å²) in [6, 6.07) is 7.74. The number of hydrogen-bond acceptors (Lipinski definition) is 5. The smallest absolute Gasteiger partial charge is 0.241 e. The van der Waals surface area contributed by atoms with E-state index in [1.807, 2.05) is 36.1 Å². The molecular formula is C17H24N6O. The van der Waals surface area contributed by atoms with E-state index in [-0.39, 0.29) is 5.91 Å². The first-order chi connectivity index (χ1) is 11.5. The van der Waals surface area contributed by atoms with Gasteiger partial charge in [0.05, 0.1) is 12.2 Å². The first-order valence-corrected chi connectivity index (χ1v) is 8.40. The van der Waals surface area contributed by atoms with E-state index in [1.165, 1.54) is 6.42 Å². The lowest BCUT2D eigenvalue weighted by Crippen LogP contribution is -2.44. The maximum absolute atomic E-state index is 12.5. The van der Waals surface area contributed by atoms with Crippen LogP contribution in [-0.4, -0.2) is 50.6 Å². The van der Waals surface area contributed by atoms with Crippen LogP contribution in [0.3, 0.4) is 0 Å². The average Bonchev–Trinajstić information content (AvgIpc) is 2.98. The highest BCUT2D eigenvalue weighted by atomic mass is 16.2. The summed E-state index contributed by atoms with van der Waals surface area (Å²) >= 11 is 0. The molecule has 24 heavy (non-hydrogen) atoms. The molecule has 1 saturated heterocycles. The first kappa shape index (κ1) is 16.4. The number of tetrazole rings is 1. The molecule has 1 N–H and O–H groups in total. The van der Waals surface area contributed by atoms with Gasteiger partial charge in [-0.1, -0.05) is 19.9 Å². The Hall–Kier alpha value is -2.44. The number of carbonyl (C=O) groups is 1. The standard InChI is InChI=1S/C17H24N6O/c1-12-7-13(2)11-22(10-12)17(24)9-18-15-5-4-6-16(8-15)23-14(3)19-20-21-23/h4-6,8,12-13,18H,7,9-11H2,1-3H3/t12-,13-/m0/s1. The largest absolute Gasteiger partial charge is 0.376 e. The molecule has 0 spiro atoms. The number of hydrogen-bond donors (Lipinski definition) is 1. The summed E-state index contributed by atoms with van der Waals surface area (Å²) in [5.41, 5.74) is 1.75. The van der Waals surface area contributed by atoms with E-state index in [4.69, 9.17) is 0 Å². The summed E-state index contributed by atoms with van der Waals surface area (Å²) in [6.07, 6.45) is 1.20. The van der Waals surface area contributed by atoms with Crippen LogP contribution < -0.4 is 5.32 Å². The van der Waals surface area contributed by atoms with Gasteiger partial charge in [-0.25, -0.2) is 0 Å². The Labute approximate surface area is 142 Å². The summed E-state index contributed by atoms with van der Waals surface area (Å²) in [5.74, 6) is 2.02. The third kappa shape index (κ3) is 3.72. The Kier molecular flexibility index (Phi) is 4.78. The molecule has 0 saturated carbocycles. The molecule has 1 aliphatic rings. The molecule has 1 fully saturated rings. The number of aryl methyl sites for hydroxylation is 1. The normalized spacial score (nSPS) is 20.9. The van der Waals surface area contributed by atoms with Gasteiger partial charge in [0.1, 0.15) is 0 Å². The van der Waals surface area contributed by atoms with Gasteiger partial charge in [0.2, 0.25) is 5.91 Å². The van der Waals surface area contributed by atoms with Crippen LogP contribution in [0.5, 0.6) is 0 Å². The molecule has 0 aliphatic carbocycles. The third-order valence-corrected chi connectivity index (χ3v) is 4.38. The second-order valence-corrected chi connectivity index (χ2v) is 6.79. The Morgan fingerprint density at radius 1 is 1.29 bits per heavy atom. The predicted octanol–water partition coefficient (Wildman–Crippen LogP) is 1.89. The number of aromatic nitrogens is 4. The van der Waals surface area contributed by atoms with Crippen molar-refractivity contribution in [3.63, 3.8) is 0 Å². The monoisotopic (exact) mass is 328 g/mol. The number of carbonyl (C=O) groups excluding carboxylic acids is 1. The number of nitrogens with one attached hydrogen (secondary N) is 1. The molecule has 0 bridgehead atoms. The fourth-order valence-corrected chi connectivity index (χ4v) is 3.37. The molecule has 1 aromatic carbocycles. The van der Waals surface area contributed by atoms with Crippen LogP contribution in [0.4, 0.5) is 5.69 Å². The van der Waals surface area contributed by atoms with E-state index in [0.717, 1.165) is 30.3 Å². The van der Waals surface area contributed by atoms with Crippen molar-refractivity contribution in [3.8, 4) is 5.69 Å². The lowest BCUT2D eigenvalue weighted by molar-refractivity contribution is -0.131. The molecular weight excluding hydrogens is 304 g/mol. The van der Waals surface area contributed by atoms with Crippen molar-refractivity contribution in [1.29, 1.82) is 0 Å². The summed E-state index contributed by atoms with van der Waals surface area (Å²) in [7, 11) is 0. The Morgan fingerprint density at radius 3 is 2.71 bits per heavy atom. The minimum absolute atomic E-state index is 0.150. The average molecular weight is 328 g/mol. The zero-order valence-corrected chi connectivity index (χ0v) is 14.4. The van der Waals surface area contributed by atoms with Crippen molar-refractivity contribution in [2.45, 2.75) is 27.2 Å². The molecule has 128 valence electrons. The number of rotatable bonds is 4. The van der Waals surface area contributed by atoms with Crippen LogP contribution in [0.2, 0.25) is 0 Å². The van der Waals surface area contributed by atoms with Crippen molar-refractivity contribution in [3.05, 3.63) is 30.1 Å². The Bertz CT molecular complexity index is 703. The SMILES string of the molecule is Cc1nnnn1-c1cccc(NCC(=O)N2C[C@@H](C)C[C@H](C)C2)c1. The molecule has 0 unspecified atom stereocenters. The number of benzene rings is 1. The van der Waals surface area contributed by atoms with Crippen molar-refractivity contribution in [2.75, 3.05) is 25.0 Å². The maximum atomic E-state index is 12.5. The molecule has 1 aliphatic heterocycles. The van der Waals surface area contributed by atoms with Gasteiger partial charge in [-0.15, -0.1) is 5.10 Å². The van der Waals surface area contributed by atoms with Crippen molar-refractivity contribution >= 4 is 11.6 Å². The summed E-state index contributed by atoms with van der Waals surface area (Å²) in [5, 5.41) is 14.7. The fraction of sp³-hybridized carbons (Fsp3) is 0.529. The number of anilines is 1. The highest BCUT2D eigenvalue weighted by molar-refractivity contribution is 5.81. The van der Waals surface area contributed by atoms with Crippen molar-refractivity contribution in [2.24, 2.45) is 11.8 Å². The van der Waals surface area contributed by atoms with Crippen LogP contribution in [-0.2, 0) is 4.79 Å². The minimum Gasteiger partial charge on any atom is -0.376 e. The molecule has 3 rings (SSSR count). The number of nitrogens with zero attached hydrogens (tertiary/aromatic N) is 5. The lowest BCUT2D eigenvalue weighted by Gasteiger charge is -2.35. The summed E-state index contributed by atoms with van der Waals surface area (Å²) in [4.78, 5) is 14.4. The fourth-order valence-electron chi connectivity index (χ4n) is 3.37. The third-order valence-electron chi connectivity index (χ3n) is 4.38. The number of amides is 1. The molecule has 0 radical (unpaired) electrons. The van der Waals surface area contributed by atoms with Gasteiger partial charge in [0.15, 0.2) is 5.82 Å². The van der Waals surface area contributed by atoms with Gasteiger partial charge in [-0.3, -0.25) is 4.79 Å². The van der Waals surface area contributed by atoms with Gasteiger partial charge in [-0.2, -0.15) is 4.68 Å². The Balaban J connectivity index is 1.62. The highest BCUT2D eigenvalue weighted by Crippen LogP contribution is 2.21. The van der Waals surface area contributed by atoms with E-state index < -0.39 is 0 Å². The van der Waals surface area contributed by atoms with Crippen LogP contribution in [0.15, 0.2) is 24.3 Å². The van der Waals surface area contributed by atoms with Gasteiger partial charge >= 0.3 is 0 Å². The molecule has 2 atom stereocenters. The highest BCUT2D eigenvalue weighted by Gasteiger charge is 2.24. The van der Waals surface area contributed by atoms with Gasteiger partial charge in [0, 0.05) is 18.8 Å². The zero-order chi connectivity index (χ0) is 17.1. The molecule has 2 heterocycles. The second-order valence-electron chi connectivity index (χ2n) is 6.79. The Morgan fingerprint density at radius 2 is 2.04 bits per heavy atom. The second kappa shape index (κ2) is 6.98. The summed E-state index contributed by atoms with van der Waals surface area (Å²) in [6.45, 7) is 8.28. The topological polar surface area (TPSA) is 75.9 Å². The minimum atomic E-state index is 0.150. The molecule has 1 aromatic heterocycles. The van der Waals surface area contributed by atoms with Crippen LogP contribution in [0.25, 0.3) is 5.69 Å². The van der Waals surface area contributed by atoms with E-state index >= 15 is 0 Å². The van der Waals surface area contributed by atoms with Crippen LogP contribution >= 0.6 is 0 Å². The quantitative estimate of drug-likeness (QED) is 0.927. The molecule has 7 nitrogen and oxygen atoms in total. The van der Waals surface area contributed by atoms with E-state index in [1.54, 1.807) is 4.68 Å². The van der Waals surface area contributed by atoms with Gasteiger partial charge in [-0.05, 0) is 53.8 Å². The summed E-state index contributed by atoms with van der Waals surface area (Å²) < 4.78 is 1.67. The maximum Gasteiger partial charge on any atom is 0.241 e. The van der Waals surface area contributed by atoms with E-state index in [2.05, 4.69) is 34.7 Å². The van der Waals surface area contributed by atoms with Crippen LogP contribution in [0, 0.1) is 18.8 Å². The molecule has 1 amide bonds. The van der Waals surface area contributed by atoms with Crippen LogP contribution in [0.1, 0.15) is 26.1 Å². The van der Waals surface area contributed by atoms with Crippen molar-refractivity contribution < 1.29 is 4.79 Å². The molecule has 2 aromatic rings. The van der Waals surface area contributed by atoms with E-state index in [9.17, 15) is 4.79 Å². The predicted molar refractivity (Wildman–Crippen MR) is 91.9 cm³/mol. The zero-order valence-electron chi connectivity index (χ0n) is 14.4. The number of likely N-dealkylation sites (tertiary alicyclic amines) is 1. The molecule has 7 heteroatoms. The van der Waals surface area contributed by atoms with Gasteiger partial charge < -0.3 is 10.2 Å². The van der Waals surface area contributed by atoms with Gasteiger partial charge in [0.25, 0.3) is 0 Å². The number of piperidine rings is 1. The van der Waals surface area contributed by atoms with Crippen molar-refractivity contribution in [1.82, 2.24) is 25.1 Å². The lowest BCUT2D eigenvalue weighted by atomic mass is 9.92.